The lowest BCUT2D eigenvalue weighted by Crippen LogP contribution is -2.01. The van der Waals surface area contributed by atoms with Crippen molar-refractivity contribution >= 4 is 87.5 Å². The van der Waals surface area contributed by atoms with Gasteiger partial charge in [0.25, 0.3) is 0 Å². The van der Waals surface area contributed by atoms with Crippen LogP contribution in [0.3, 0.4) is 0 Å². The molecule has 0 aliphatic carbocycles. The Bertz CT molecular complexity index is 4920. The Morgan fingerprint density at radius 1 is 0.263 bits per heavy atom. The van der Waals surface area contributed by atoms with Crippen LogP contribution in [-0.4, -0.2) is 24.1 Å². The number of furan rings is 2. The van der Waals surface area contributed by atoms with Crippen molar-refractivity contribution in [2.45, 2.75) is 0 Å². The highest BCUT2D eigenvalue weighted by molar-refractivity contribution is 6.23. The maximum absolute atomic E-state index is 7.08. The maximum atomic E-state index is 7.08. The van der Waals surface area contributed by atoms with Crippen LogP contribution in [-0.2, 0) is 0 Å². The molecule has 0 amide bonds. The molecule has 7 heteroatoms. The van der Waals surface area contributed by atoms with Crippen molar-refractivity contribution in [2.24, 2.45) is 0 Å². The highest BCUT2D eigenvalue weighted by atomic mass is 16.3. The van der Waals surface area contributed by atoms with Gasteiger partial charge in [-0.05, 0) is 101 Å². The molecule has 0 aliphatic rings. The van der Waals surface area contributed by atoms with E-state index in [1.807, 2.05) is 60.7 Å². The van der Waals surface area contributed by atoms with Gasteiger partial charge < -0.3 is 18.0 Å². The van der Waals surface area contributed by atoms with E-state index in [0.29, 0.717) is 17.5 Å². The smallest absolute Gasteiger partial charge is 0.164 e. The molecule has 0 unspecified atom stereocenters. The fourth-order valence-electron chi connectivity index (χ4n) is 11.7. The first-order valence-corrected chi connectivity index (χ1v) is 25.6. The molecule has 0 saturated heterocycles. The van der Waals surface area contributed by atoms with Gasteiger partial charge in [-0.1, -0.05) is 170 Å². The Morgan fingerprint density at radius 2 is 0.658 bits per heavy atom. The Balaban J connectivity index is 0.906. The molecule has 0 aliphatic heterocycles. The molecular weight excluding hydrogens is 931 g/mol. The summed E-state index contributed by atoms with van der Waals surface area (Å²) in [6.07, 6.45) is 0. The first-order valence-electron chi connectivity index (χ1n) is 25.6. The second-order valence-electron chi connectivity index (χ2n) is 19.5. The summed E-state index contributed by atoms with van der Waals surface area (Å²) in [5.74, 6) is 1.74. The second kappa shape index (κ2) is 16.6. The minimum Gasteiger partial charge on any atom is -0.454 e. The van der Waals surface area contributed by atoms with E-state index in [1.165, 1.54) is 10.8 Å². The van der Waals surface area contributed by atoms with Crippen LogP contribution in [0.25, 0.3) is 155 Å². The van der Waals surface area contributed by atoms with Crippen molar-refractivity contribution in [3.63, 3.8) is 0 Å². The average Bonchev–Trinajstić information content (AvgIpc) is 4.28. The van der Waals surface area contributed by atoms with Crippen molar-refractivity contribution in [2.75, 3.05) is 0 Å². The van der Waals surface area contributed by atoms with Gasteiger partial charge >= 0.3 is 0 Å². The number of hydrogen-bond acceptors (Lipinski definition) is 5. The molecule has 0 bridgehead atoms. The van der Waals surface area contributed by atoms with Crippen LogP contribution in [0.4, 0.5) is 0 Å². The van der Waals surface area contributed by atoms with Crippen LogP contribution in [0.1, 0.15) is 0 Å². The SMILES string of the molecule is c1ccc(-c2nc(-c3ccccc3)nc(-c3cc(-c4ccc5c(c4)oc4c5ccc5c6ccccc6n(-c6ccccc6)c54)ccc3-c3ccc4c(c3)oc3c4ccc4c5ccccc5n(-c5ccccc5)c43)n2)cc1. The molecule has 0 spiro atoms. The summed E-state index contributed by atoms with van der Waals surface area (Å²) in [6, 6.07) is 87.1. The van der Waals surface area contributed by atoms with E-state index in [1.54, 1.807) is 0 Å². The third kappa shape index (κ3) is 6.46. The largest absolute Gasteiger partial charge is 0.454 e. The zero-order valence-corrected chi connectivity index (χ0v) is 40.7. The number of nitrogens with zero attached hydrogens (tertiary/aromatic N) is 5. The number of para-hydroxylation sites is 4. The topological polar surface area (TPSA) is 74.8 Å². The molecule has 5 heterocycles. The monoisotopic (exact) mass is 971 g/mol. The van der Waals surface area contributed by atoms with Crippen LogP contribution in [0, 0.1) is 0 Å². The summed E-state index contributed by atoms with van der Waals surface area (Å²) in [7, 11) is 0. The van der Waals surface area contributed by atoms with Crippen LogP contribution in [0.2, 0.25) is 0 Å². The van der Waals surface area contributed by atoms with Gasteiger partial charge in [0, 0.05) is 71.2 Å². The van der Waals surface area contributed by atoms with Crippen LogP contribution in [0.15, 0.2) is 258 Å². The summed E-state index contributed by atoms with van der Waals surface area (Å²) in [4.78, 5) is 15.7. The quantitative estimate of drug-likeness (QED) is 0.159. The van der Waals surface area contributed by atoms with Crippen molar-refractivity contribution in [3.05, 3.63) is 249 Å². The van der Waals surface area contributed by atoms with Gasteiger partial charge in [-0.15, -0.1) is 0 Å². The summed E-state index contributed by atoms with van der Waals surface area (Å²) in [6.45, 7) is 0. The average molecular weight is 972 g/mol. The Morgan fingerprint density at radius 3 is 1.18 bits per heavy atom. The highest BCUT2D eigenvalue weighted by Crippen LogP contribution is 2.45. The number of rotatable bonds is 7. The molecular formula is C69H41N5O2. The molecule has 7 nitrogen and oxygen atoms in total. The first kappa shape index (κ1) is 42.2. The normalized spacial score (nSPS) is 11.9. The fourth-order valence-corrected chi connectivity index (χ4v) is 11.7. The number of benzene rings is 11. The summed E-state index contributed by atoms with van der Waals surface area (Å²) in [5.41, 5.74) is 16.4. The maximum Gasteiger partial charge on any atom is 0.164 e. The van der Waals surface area contributed by atoms with Gasteiger partial charge in [0.1, 0.15) is 11.2 Å². The third-order valence-corrected chi connectivity index (χ3v) is 15.2. The van der Waals surface area contributed by atoms with Gasteiger partial charge in [0.05, 0.1) is 22.1 Å². The van der Waals surface area contributed by atoms with E-state index < -0.39 is 0 Å². The van der Waals surface area contributed by atoms with Crippen LogP contribution < -0.4 is 0 Å². The molecule has 5 aromatic heterocycles. The van der Waals surface area contributed by atoms with Crippen LogP contribution in [0.5, 0.6) is 0 Å². The molecule has 16 rings (SSSR count). The van der Waals surface area contributed by atoms with Crippen molar-refractivity contribution in [1.29, 1.82) is 0 Å². The highest BCUT2D eigenvalue weighted by Gasteiger charge is 2.23. The molecule has 76 heavy (non-hydrogen) atoms. The zero-order chi connectivity index (χ0) is 49.8. The molecule has 0 radical (unpaired) electrons. The molecule has 11 aromatic carbocycles. The van der Waals surface area contributed by atoms with E-state index in [9.17, 15) is 0 Å². The molecule has 0 N–H and O–H groups in total. The molecule has 0 saturated carbocycles. The Kier molecular flexibility index (Phi) is 9.20. The predicted octanol–water partition coefficient (Wildman–Crippen LogP) is 18.2. The zero-order valence-electron chi connectivity index (χ0n) is 40.7. The molecule has 0 fully saturated rings. The van der Waals surface area contributed by atoms with Gasteiger partial charge in [-0.25, -0.2) is 15.0 Å². The van der Waals surface area contributed by atoms with Gasteiger partial charge in [0.2, 0.25) is 0 Å². The van der Waals surface area contributed by atoms with Crippen molar-refractivity contribution in [1.82, 2.24) is 24.1 Å². The fraction of sp³-hybridized carbons (Fsp3) is 0. The lowest BCUT2D eigenvalue weighted by Gasteiger charge is -2.14. The second-order valence-corrected chi connectivity index (χ2v) is 19.5. The molecule has 354 valence electrons. The lowest BCUT2D eigenvalue weighted by atomic mass is 9.93. The predicted molar refractivity (Wildman–Crippen MR) is 310 cm³/mol. The number of fused-ring (bicyclic) bond motifs is 14. The van der Waals surface area contributed by atoms with Crippen molar-refractivity contribution in [3.8, 4) is 67.8 Å². The third-order valence-electron chi connectivity index (χ3n) is 15.2. The Labute approximate surface area is 434 Å². The minimum absolute atomic E-state index is 0.560. The first-order chi connectivity index (χ1) is 37.7. The Hall–Kier alpha value is -10.4. The lowest BCUT2D eigenvalue weighted by molar-refractivity contribution is 0.671. The standard InChI is InChI=1S/C69H41N5O2/c1-5-17-42(18-6-1)67-70-68(43-19-7-2-8-20-43)72-69(71-67)58-39-44(45-30-33-52-56-37-35-54-50-25-13-15-27-59(50)73(47-21-9-3-10-22-47)63(54)65(56)75-61(52)40-45)29-32-49(58)46-31-34-53-57-38-36-55-51-26-14-16-28-60(51)74(48-23-11-4-12-24-48)64(55)66(57)76-62(53)41-46/h1-41H. The number of aromatic nitrogens is 5. The van der Waals surface area contributed by atoms with Gasteiger partial charge in [0.15, 0.2) is 28.6 Å². The van der Waals surface area contributed by atoms with E-state index in [2.05, 4.69) is 197 Å². The molecule has 0 atom stereocenters. The van der Waals surface area contributed by atoms with Gasteiger partial charge in [-0.2, -0.15) is 0 Å². The van der Waals surface area contributed by atoms with E-state index >= 15 is 0 Å². The minimum atomic E-state index is 0.560. The van der Waals surface area contributed by atoms with E-state index in [4.69, 9.17) is 23.8 Å². The summed E-state index contributed by atoms with van der Waals surface area (Å²) >= 11 is 0. The van der Waals surface area contributed by atoms with E-state index in [0.717, 1.165) is 127 Å². The van der Waals surface area contributed by atoms with Crippen LogP contribution >= 0.6 is 0 Å². The van der Waals surface area contributed by atoms with Gasteiger partial charge in [-0.3, -0.25) is 0 Å². The summed E-state index contributed by atoms with van der Waals surface area (Å²) in [5, 5.41) is 8.89. The molecule has 16 aromatic rings. The number of hydrogen-bond donors (Lipinski definition) is 0. The van der Waals surface area contributed by atoms with Crippen molar-refractivity contribution < 1.29 is 8.83 Å². The summed E-state index contributed by atoms with van der Waals surface area (Å²) < 4.78 is 18.8. The van der Waals surface area contributed by atoms with E-state index in [-0.39, 0.29) is 0 Å².